The molecule has 1 aliphatic carbocycles. The molecule has 4 rings (SSSR count). The predicted octanol–water partition coefficient (Wildman–Crippen LogP) is 4.82. The number of nitrogens with zero attached hydrogens (tertiary/aromatic N) is 2. The molecular formula is C29H41N3O4S. The Morgan fingerprint density at radius 1 is 1.16 bits per heavy atom. The van der Waals surface area contributed by atoms with Gasteiger partial charge in [-0.2, -0.15) is 0 Å². The molecule has 0 unspecified atom stereocenters. The summed E-state index contributed by atoms with van der Waals surface area (Å²) in [6.07, 6.45) is 7.94. The summed E-state index contributed by atoms with van der Waals surface area (Å²) >= 11 is 0. The van der Waals surface area contributed by atoms with Gasteiger partial charge in [0.15, 0.2) is 9.84 Å². The quantitative estimate of drug-likeness (QED) is 0.460. The van der Waals surface area contributed by atoms with E-state index >= 15 is 0 Å². The molecule has 2 atom stereocenters. The lowest BCUT2D eigenvalue weighted by atomic mass is 9.82. The van der Waals surface area contributed by atoms with Crippen molar-refractivity contribution in [1.82, 2.24) is 15.2 Å². The fraction of sp³-hybridized carbons (Fsp3) is 0.586. The zero-order chi connectivity index (χ0) is 26.6. The van der Waals surface area contributed by atoms with Gasteiger partial charge in [0.1, 0.15) is 0 Å². The zero-order valence-electron chi connectivity index (χ0n) is 22.3. The lowest BCUT2D eigenvalue weighted by Crippen LogP contribution is -2.30. The van der Waals surface area contributed by atoms with Crippen molar-refractivity contribution >= 4 is 15.7 Å². The first-order chi connectivity index (χ1) is 17.7. The Kier molecular flexibility index (Phi) is 9.03. The summed E-state index contributed by atoms with van der Waals surface area (Å²) < 4.78 is 24.2. The van der Waals surface area contributed by atoms with Gasteiger partial charge in [0.2, 0.25) is 0 Å². The normalized spacial score (nSPS) is 23.0. The number of fused-ring (bicyclic) bond motifs is 1. The van der Waals surface area contributed by atoms with E-state index < -0.39 is 15.9 Å². The average Bonchev–Trinajstić information content (AvgIpc) is 3.25. The zero-order valence-corrected chi connectivity index (χ0v) is 23.1. The molecule has 2 aliphatic rings. The molecule has 0 radical (unpaired) electrons. The molecule has 2 N–H and O–H groups in total. The minimum Gasteiger partial charge on any atom is -0.396 e. The maximum atomic E-state index is 13.2. The largest absolute Gasteiger partial charge is 0.396 e. The number of sulfone groups is 1. The summed E-state index contributed by atoms with van der Waals surface area (Å²) in [5, 5.41) is 12.6. The van der Waals surface area contributed by atoms with Crippen LogP contribution in [0.4, 0.5) is 0 Å². The Bertz CT molecular complexity index is 1170. The molecule has 1 saturated carbocycles. The van der Waals surface area contributed by atoms with E-state index in [0.29, 0.717) is 17.3 Å². The van der Waals surface area contributed by atoms with E-state index in [4.69, 9.17) is 0 Å². The molecule has 8 heteroatoms. The highest BCUT2D eigenvalue weighted by Gasteiger charge is 2.32. The lowest BCUT2D eigenvalue weighted by molar-refractivity contribution is 0.0928. The van der Waals surface area contributed by atoms with Gasteiger partial charge in [-0.25, -0.2) is 8.42 Å². The fourth-order valence-electron chi connectivity index (χ4n) is 5.86. The lowest BCUT2D eigenvalue weighted by Gasteiger charge is -2.32. The van der Waals surface area contributed by atoms with E-state index in [2.05, 4.69) is 35.1 Å². The third-order valence-electron chi connectivity index (χ3n) is 8.17. The summed E-state index contributed by atoms with van der Waals surface area (Å²) in [4.78, 5) is 20.3. The summed E-state index contributed by atoms with van der Waals surface area (Å²) in [5.41, 5.74) is 3.66. The predicted molar refractivity (Wildman–Crippen MR) is 145 cm³/mol. The number of aromatic nitrogens is 1. The van der Waals surface area contributed by atoms with Crippen LogP contribution in [0.3, 0.4) is 0 Å². The first-order valence-electron chi connectivity index (χ1n) is 13.7. The van der Waals surface area contributed by atoms with Gasteiger partial charge in [0.05, 0.1) is 22.4 Å². The van der Waals surface area contributed by atoms with Crippen molar-refractivity contribution in [2.75, 3.05) is 18.9 Å². The van der Waals surface area contributed by atoms with Crippen molar-refractivity contribution < 1.29 is 18.3 Å². The number of aliphatic hydroxyl groups excluding tert-OH is 1. The number of rotatable bonds is 10. The summed E-state index contributed by atoms with van der Waals surface area (Å²) in [7, 11) is -3.35. The summed E-state index contributed by atoms with van der Waals surface area (Å²) in [5.74, 6) is 1.38. The van der Waals surface area contributed by atoms with Crippen molar-refractivity contribution in [2.45, 2.75) is 82.8 Å². The van der Waals surface area contributed by atoms with E-state index in [1.807, 2.05) is 12.1 Å². The van der Waals surface area contributed by atoms with E-state index in [1.165, 1.54) is 49.1 Å². The van der Waals surface area contributed by atoms with Crippen LogP contribution < -0.4 is 5.32 Å². The number of pyridine rings is 1. The number of nitrogens with one attached hydrogen (secondary N) is 1. The molecule has 1 aromatic heterocycles. The number of hydrogen-bond acceptors (Lipinski definition) is 6. The number of carbonyl (C=O) groups excluding carboxylic acids is 1. The highest BCUT2D eigenvalue weighted by atomic mass is 32.2. The standard InChI is InChI=1S/C29H41N3O4S/c1-4-28-25-12-10-22(16-23(25)19-32(28)18-21-8-6-20(3)7-9-21)29(34)31-27(14-15-33)26-13-11-24(17-30-26)37(35,36)5-2/h10-13,16-17,20-21,27-28,33H,4-9,14-15,18-19H2,1-3H3,(H,31,34)/t20?,21?,27-,28-/m0/s1. The van der Waals surface area contributed by atoms with Crippen LogP contribution in [-0.4, -0.2) is 48.2 Å². The van der Waals surface area contributed by atoms with Gasteiger partial charge in [0.25, 0.3) is 5.91 Å². The smallest absolute Gasteiger partial charge is 0.251 e. The molecule has 0 spiro atoms. The second kappa shape index (κ2) is 12.0. The van der Waals surface area contributed by atoms with Crippen molar-refractivity contribution in [3.8, 4) is 0 Å². The number of amides is 1. The van der Waals surface area contributed by atoms with Crippen molar-refractivity contribution in [3.63, 3.8) is 0 Å². The Morgan fingerprint density at radius 3 is 2.54 bits per heavy atom. The number of hydrogen-bond donors (Lipinski definition) is 2. The fourth-order valence-corrected chi connectivity index (χ4v) is 6.68. The molecule has 2 heterocycles. The summed E-state index contributed by atoms with van der Waals surface area (Å²) in [6.45, 7) is 8.05. The third-order valence-corrected chi connectivity index (χ3v) is 9.89. The second-order valence-electron chi connectivity index (χ2n) is 10.8. The van der Waals surface area contributed by atoms with E-state index in [0.717, 1.165) is 31.3 Å². The first kappa shape index (κ1) is 27.7. The van der Waals surface area contributed by atoms with Crippen LogP contribution in [0, 0.1) is 11.8 Å². The monoisotopic (exact) mass is 527 g/mol. The Balaban J connectivity index is 1.46. The van der Waals surface area contributed by atoms with E-state index in [1.54, 1.807) is 13.0 Å². The van der Waals surface area contributed by atoms with Gasteiger partial charge in [-0.1, -0.05) is 39.7 Å². The van der Waals surface area contributed by atoms with Gasteiger partial charge in [-0.3, -0.25) is 14.7 Å². The topological polar surface area (TPSA) is 99.6 Å². The highest BCUT2D eigenvalue weighted by molar-refractivity contribution is 7.91. The van der Waals surface area contributed by atoms with E-state index in [-0.39, 0.29) is 29.6 Å². The maximum absolute atomic E-state index is 13.2. The van der Waals surface area contributed by atoms with Gasteiger partial charge in [-0.05, 0) is 72.9 Å². The van der Waals surface area contributed by atoms with Crippen LogP contribution >= 0.6 is 0 Å². The van der Waals surface area contributed by atoms with Crippen LogP contribution in [0.5, 0.6) is 0 Å². The third kappa shape index (κ3) is 6.41. The molecule has 202 valence electrons. The number of carbonyl (C=O) groups is 1. The minimum atomic E-state index is -3.35. The Hall–Kier alpha value is -2.29. The highest BCUT2D eigenvalue weighted by Crippen LogP contribution is 2.39. The van der Waals surface area contributed by atoms with Crippen LogP contribution in [0.15, 0.2) is 41.4 Å². The van der Waals surface area contributed by atoms with Crippen LogP contribution in [0.25, 0.3) is 0 Å². The molecule has 1 amide bonds. The summed E-state index contributed by atoms with van der Waals surface area (Å²) in [6, 6.07) is 9.01. The van der Waals surface area contributed by atoms with E-state index in [9.17, 15) is 18.3 Å². The Morgan fingerprint density at radius 2 is 1.92 bits per heavy atom. The van der Waals surface area contributed by atoms with Crippen LogP contribution in [0.1, 0.15) is 98.6 Å². The van der Waals surface area contributed by atoms with Crippen molar-refractivity contribution in [3.05, 3.63) is 58.9 Å². The molecule has 37 heavy (non-hydrogen) atoms. The van der Waals surface area contributed by atoms with Crippen molar-refractivity contribution in [1.29, 1.82) is 0 Å². The molecule has 0 bridgehead atoms. The molecule has 1 fully saturated rings. The molecule has 1 aliphatic heterocycles. The molecular weight excluding hydrogens is 486 g/mol. The Labute approximate surface area is 221 Å². The van der Waals surface area contributed by atoms with Crippen LogP contribution in [0.2, 0.25) is 0 Å². The number of aliphatic hydroxyl groups is 1. The van der Waals surface area contributed by atoms with Gasteiger partial charge < -0.3 is 10.4 Å². The minimum absolute atomic E-state index is 0.000656. The average molecular weight is 528 g/mol. The molecule has 7 nitrogen and oxygen atoms in total. The molecule has 1 aromatic carbocycles. The SMILES string of the molecule is CC[C@H]1c2ccc(C(=O)N[C@@H](CCO)c3ccc(S(=O)(=O)CC)cn3)cc2CN1CC1CCC(C)CC1. The van der Waals surface area contributed by atoms with Crippen molar-refractivity contribution in [2.24, 2.45) is 11.8 Å². The number of benzene rings is 1. The van der Waals surface area contributed by atoms with Gasteiger partial charge >= 0.3 is 0 Å². The van der Waals surface area contributed by atoms with Gasteiger partial charge in [-0.15, -0.1) is 0 Å². The maximum Gasteiger partial charge on any atom is 0.251 e. The second-order valence-corrected chi connectivity index (χ2v) is 13.0. The first-order valence-corrected chi connectivity index (χ1v) is 15.4. The van der Waals surface area contributed by atoms with Crippen LogP contribution in [-0.2, 0) is 16.4 Å². The van der Waals surface area contributed by atoms with Gasteiger partial charge in [0, 0.05) is 37.5 Å². The molecule has 2 aromatic rings. The molecule has 0 saturated heterocycles.